The lowest BCUT2D eigenvalue weighted by Crippen LogP contribution is -2.43. The number of hydrogen-bond acceptors (Lipinski definition) is 8. The number of terminal acetylenes is 1. The number of amides is 1. The Morgan fingerprint density at radius 2 is 1.09 bits per heavy atom. The first-order valence-electron chi connectivity index (χ1n) is 11.1. The molecule has 0 unspecified atom stereocenters. The molecule has 0 aromatic heterocycles. The Bertz CT molecular complexity index is 633. The van der Waals surface area contributed by atoms with Crippen molar-refractivity contribution in [2.24, 2.45) is 0 Å². The van der Waals surface area contributed by atoms with Gasteiger partial charge in [0.1, 0.15) is 11.2 Å². The van der Waals surface area contributed by atoms with Gasteiger partial charge in [-0.05, 0) is 41.5 Å². The minimum Gasteiger partial charge on any atom is -0.459 e. The monoisotopic (exact) mass is 452 g/mol. The molecule has 0 saturated carbocycles. The Morgan fingerprint density at radius 1 is 0.750 bits per heavy atom. The molecule has 0 radical (unpaired) electrons. The van der Waals surface area contributed by atoms with Crippen LogP contribution >= 0.6 is 0 Å². The van der Waals surface area contributed by atoms with Gasteiger partial charge in [0.25, 0.3) is 0 Å². The lowest BCUT2D eigenvalue weighted by molar-refractivity contribution is -0.158. The fourth-order valence-electron chi connectivity index (χ4n) is 3.18. The van der Waals surface area contributed by atoms with Gasteiger partial charge in [-0.25, -0.2) is 0 Å². The van der Waals surface area contributed by atoms with Gasteiger partial charge < -0.3 is 14.8 Å². The Kier molecular flexibility index (Phi) is 11.1. The Morgan fingerprint density at radius 3 is 1.41 bits per heavy atom. The van der Waals surface area contributed by atoms with Crippen LogP contribution in [0.3, 0.4) is 0 Å². The number of nitrogens with zero attached hydrogens (tertiary/aromatic N) is 3. The standard InChI is InChI=1S/C23H40N4O5/c1-8-9-24-19(28)16-25-10-12-26(17-20(29)31-22(2,3)4)14-15-27(13-11-25)18-21(30)32-23(5,6)7/h1H,9-18H2,2-7H3,(H,24,28). The number of nitrogens with one attached hydrogen (secondary N) is 1. The minimum absolute atomic E-state index is 0.147. The molecule has 1 amide bonds. The van der Waals surface area contributed by atoms with Gasteiger partial charge in [0, 0.05) is 39.3 Å². The number of esters is 2. The molecule has 182 valence electrons. The van der Waals surface area contributed by atoms with Crippen LogP contribution in [0.25, 0.3) is 0 Å². The number of carbonyl (C=O) groups is 3. The second-order valence-electron chi connectivity index (χ2n) is 9.98. The van der Waals surface area contributed by atoms with Gasteiger partial charge >= 0.3 is 11.9 Å². The molecule has 0 aromatic rings. The Hall–Kier alpha value is -2.15. The summed E-state index contributed by atoms with van der Waals surface area (Å²) in [6.45, 7) is 15.3. The van der Waals surface area contributed by atoms with E-state index in [0.29, 0.717) is 39.3 Å². The van der Waals surface area contributed by atoms with Crippen LogP contribution in [0.1, 0.15) is 41.5 Å². The third kappa shape index (κ3) is 13.3. The molecule has 0 aliphatic carbocycles. The van der Waals surface area contributed by atoms with Gasteiger partial charge in [-0.15, -0.1) is 6.42 Å². The highest BCUT2D eigenvalue weighted by molar-refractivity contribution is 5.78. The Labute approximate surface area is 192 Å². The van der Waals surface area contributed by atoms with Crippen molar-refractivity contribution >= 4 is 17.8 Å². The summed E-state index contributed by atoms with van der Waals surface area (Å²) in [7, 11) is 0. The molecule has 9 heteroatoms. The molecule has 32 heavy (non-hydrogen) atoms. The molecule has 1 saturated heterocycles. The van der Waals surface area contributed by atoms with Crippen LogP contribution in [0.2, 0.25) is 0 Å². The van der Waals surface area contributed by atoms with Crippen molar-refractivity contribution in [2.75, 3.05) is 65.4 Å². The predicted molar refractivity (Wildman–Crippen MR) is 123 cm³/mol. The van der Waals surface area contributed by atoms with Crippen molar-refractivity contribution in [2.45, 2.75) is 52.7 Å². The van der Waals surface area contributed by atoms with Gasteiger partial charge in [0.15, 0.2) is 0 Å². The first kappa shape index (κ1) is 27.9. The summed E-state index contributed by atoms with van der Waals surface area (Å²) in [4.78, 5) is 42.9. The molecule has 0 atom stereocenters. The van der Waals surface area contributed by atoms with Crippen LogP contribution < -0.4 is 5.32 Å². The zero-order valence-corrected chi connectivity index (χ0v) is 20.5. The quantitative estimate of drug-likeness (QED) is 0.437. The summed E-state index contributed by atoms with van der Waals surface area (Å²) in [5.74, 6) is 1.64. The van der Waals surface area contributed by atoms with E-state index in [0.717, 1.165) is 0 Å². The van der Waals surface area contributed by atoms with E-state index in [1.54, 1.807) is 0 Å². The maximum atomic E-state index is 12.4. The van der Waals surface area contributed by atoms with Crippen molar-refractivity contribution in [3.63, 3.8) is 0 Å². The van der Waals surface area contributed by atoms with Gasteiger partial charge in [-0.3, -0.25) is 29.1 Å². The highest BCUT2D eigenvalue weighted by Gasteiger charge is 2.24. The van der Waals surface area contributed by atoms with E-state index in [1.807, 2.05) is 56.2 Å². The second-order valence-corrected chi connectivity index (χ2v) is 9.98. The van der Waals surface area contributed by atoms with Crippen LogP contribution in [0.15, 0.2) is 0 Å². The normalized spacial score (nSPS) is 17.4. The molecule has 1 fully saturated rings. The molecule has 1 N–H and O–H groups in total. The zero-order valence-electron chi connectivity index (χ0n) is 20.5. The summed E-state index contributed by atoms with van der Waals surface area (Å²) < 4.78 is 10.9. The smallest absolute Gasteiger partial charge is 0.320 e. The summed E-state index contributed by atoms with van der Waals surface area (Å²) in [5.41, 5.74) is -1.11. The van der Waals surface area contributed by atoms with E-state index >= 15 is 0 Å². The highest BCUT2D eigenvalue weighted by atomic mass is 16.6. The molecule has 1 rings (SSSR count). The van der Waals surface area contributed by atoms with Crippen molar-refractivity contribution in [3.05, 3.63) is 0 Å². The SMILES string of the molecule is C#CCNC(=O)CN1CCN(CC(=O)OC(C)(C)C)CCN(CC(=O)OC(C)(C)C)CC1. The topological polar surface area (TPSA) is 91.4 Å². The fourth-order valence-corrected chi connectivity index (χ4v) is 3.18. The zero-order chi connectivity index (χ0) is 24.4. The van der Waals surface area contributed by atoms with Crippen molar-refractivity contribution in [1.82, 2.24) is 20.0 Å². The fraction of sp³-hybridized carbons (Fsp3) is 0.783. The van der Waals surface area contributed by atoms with Crippen LogP contribution in [0.5, 0.6) is 0 Å². The van der Waals surface area contributed by atoms with Gasteiger partial charge in [0.2, 0.25) is 5.91 Å². The third-order valence-corrected chi connectivity index (χ3v) is 4.50. The first-order chi connectivity index (χ1) is 14.8. The Balaban J connectivity index is 2.83. The molecule has 1 aliphatic rings. The van der Waals surface area contributed by atoms with E-state index in [1.165, 1.54) is 0 Å². The maximum absolute atomic E-state index is 12.4. The molecular weight excluding hydrogens is 412 g/mol. The highest BCUT2D eigenvalue weighted by Crippen LogP contribution is 2.10. The van der Waals surface area contributed by atoms with Crippen molar-refractivity contribution in [1.29, 1.82) is 0 Å². The summed E-state index contributed by atoms with van der Waals surface area (Å²) in [5, 5.41) is 2.68. The molecular formula is C23H40N4O5. The van der Waals surface area contributed by atoms with E-state index < -0.39 is 11.2 Å². The lowest BCUT2D eigenvalue weighted by Gasteiger charge is -2.27. The number of hydrogen-bond donors (Lipinski definition) is 1. The van der Waals surface area contributed by atoms with Gasteiger partial charge in [0.05, 0.1) is 26.2 Å². The second kappa shape index (κ2) is 12.8. The van der Waals surface area contributed by atoms with Crippen LogP contribution in [-0.4, -0.2) is 109 Å². The average Bonchev–Trinajstić information content (AvgIpc) is 2.69. The van der Waals surface area contributed by atoms with Crippen molar-refractivity contribution < 1.29 is 23.9 Å². The van der Waals surface area contributed by atoms with E-state index in [2.05, 4.69) is 11.2 Å². The molecule has 1 heterocycles. The number of rotatable bonds is 7. The largest absolute Gasteiger partial charge is 0.459 e. The minimum atomic E-state index is -0.555. The third-order valence-electron chi connectivity index (χ3n) is 4.50. The van der Waals surface area contributed by atoms with Crippen molar-refractivity contribution in [3.8, 4) is 12.3 Å². The number of carbonyl (C=O) groups excluding carboxylic acids is 3. The van der Waals surface area contributed by atoms with Crippen LogP contribution in [-0.2, 0) is 23.9 Å². The summed E-state index contributed by atoms with van der Waals surface area (Å²) in [6.07, 6.45) is 5.21. The maximum Gasteiger partial charge on any atom is 0.320 e. The summed E-state index contributed by atoms with van der Waals surface area (Å²) >= 11 is 0. The summed E-state index contributed by atoms with van der Waals surface area (Å²) in [6, 6.07) is 0. The molecule has 0 spiro atoms. The lowest BCUT2D eigenvalue weighted by atomic mass is 10.2. The molecule has 0 aromatic carbocycles. The van der Waals surface area contributed by atoms with E-state index in [4.69, 9.17) is 15.9 Å². The molecule has 0 bridgehead atoms. The van der Waals surface area contributed by atoms with E-state index in [9.17, 15) is 14.4 Å². The van der Waals surface area contributed by atoms with E-state index in [-0.39, 0.29) is 44.0 Å². The van der Waals surface area contributed by atoms with Crippen LogP contribution in [0, 0.1) is 12.3 Å². The predicted octanol–water partition coefficient (Wildman–Crippen LogP) is 0.339. The average molecular weight is 453 g/mol. The van der Waals surface area contributed by atoms with Gasteiger partial charge in [-0.1, -0.05) is 5.92 Å². The van der Waals surface area contributed by atoms with Crippen LogP contribution in [0.4, 0.5) is 0 Å². The first-order valence-corrected chi connectivity index (χ1v) is 11.1. The van der Waals surface area contributed by atoms with Gasteiger partial charge in [-0.2, -0.15) is 0 Å². The number of ether oxygens (including phenoxy) is 2. The molecule has 1 aliphatic heterocycles. The molecule has 9 nitrogen and oxygen atoms in total.